The Balaban J connectivity index is 1.53. The molecule has 2 aliphatic rings. The van der Waals surface area contributed by atoms with E-state index in [1.165, 1.54) is 11.3 Å². The highest BCUT2D eigenvalue weighted by molar-refractivity contribution is 6.22. The summed E-state index contributed by atoms with van der Waals surface area (Å²) in [6, 6.07) is 12.8. The summed E-state index contributed by atoms with van der Waals surface area (Å²) in [6.45, 7) is 0. The summed E-state index contributed by atoms with van der Waals surface area (Å²) in [5.41, 5.74) is 3.14. The fourth-order valence-electron chi connectivity index (χ4n) is 4.06. The molecule has 1 saturated carbocycles. The Hall–Kier alpha value is -2.95. The number of benzene rings is 2. The van der Waals surface area contributed by atoms with E-state index < -0.39 is 0 Å². The van der Waals surface area contributed by atoms with Gasteiger partial charge >= 0.3 is 0 Å². The molecule has 0 atom stereocenters. The first-order valence-electron chi connectivity index (χ1n) is 9.10. The second kappa shape index (κ2) is 5.80. The molecular formula is C21H18N2O3. The number of carbonyl (C=O) groups is 2. The van der Waals surface area contributed by atoms with Crippen molar-refractivity contribution < 1.29 is 14.0 Å². The Bertz CT molecular complexity index is 998. The maximum Gasteiger partial charge on any atom is 0.261 e. The molecule has 0 unspecified atom stereocenters. The largest absolute Gasteiger partial charge is 0.436 e. The summed E-state index contributed by atoms with van der Waals surface area (Å²) >= 11 is 0. The Morgan fingerprint density at radius 1 is 0.923 bits per heavy atom. The van der Waals surface area contributed by atoms with Gasteiger partial charge in [-0.2, -0.15) is 0 Å². The van der Waals surface area contributed by atoms with Gasteiger partial charge in [-0.1, -0.05) is 31.4 Å². The molecule has 5 rings (SSSR count). The van der Waals surface area contributed by atoms with Gasteiger partial charge in [0.25, 0.3) is 11.8 Å². The summed E-state index contributed by atoms with van der Waals surface area (Å²) < 4.78 is 5.80. The zero-order valence-electron chi connectivity index (χ0n) is 14.3. The molecule has 0 radical (unpaired) electrons. The highest BCUT2D eigenvalue weighted by atomic mass is 16.3. The minimum Gasteiger partial charge on any atom is -0.436 e. The van der Waals surface area contributed by atoms with E-state index >= 15 is 0 Å². The van der Waals surface area contributed by atoms with Crippen molar-refractivity contribution in [2.45, 2.75) is 38.1 Å². The topological polar surface area (TPSA) is 63.4 Å². The molecule has 2 heterocycles. The molecule has 1 aliphatic carbocycles. The van der Waals surface area contributed by atoms with Crippen LogP contribution in [0.2, 0.25) is 0 Å². The van der Waals surface area contributed by atoms with Gasteiger partial charge in [0, 0.05) is 11.6 Å². The van der Waals surface area contributed by atoms with Crippen molar-refractivity contribution in [1.29, 1.82) is 0 Å². The number of nitrogens with zero attached hydrogens (tertiary/aromatic N) is 2. The van der Waals surface area contributed by atoms with Crippen molar-refractivity contribution in [3.05, 3.63) is 53.6 Å². The van der Waals surface area contributed by atoms with Crippen LogP contribution >= 0.6 is 0 Å². The number of rotatable bonds is 2. The second-order valence-electron chi connectivity index (χ2n) is 7.02. The molecule has 2 amide bonds. The number of fused-ring (bicyclic) bond motifs is 2. The van der Waals surface area contributed by atoms with Gasteiger partial charge in [-0.25, -0.2) is 4.98 Å². The van der Waals surface area contributed by atoms with E-state index in [1.54, 1.807) is 18.2 Å². The van der Waals surface area contributed by atoms with Crippen molar-refractivity contribution in [3.8, 4) is 11.5 Å². The van der Waals surface area contributed by atoms with E-state index in [4.69, 9.17) is 4.42 Å². The average Bonchev–Trinajstić information content (AvgIpc) is 3.22. The van der Waals surface area contributed by atoms with Crippen molar-refractivity contribution >= 4 is 22.9 Å². The van der Waals surface area contributed by atoms with Gasteiger partial charge in [0.15, 0.2) is 5.58 Å². The van der Waals surface area contributed by atoms with Gasteiger partial charge in [-0.15, -0.1) is 0 Å². The number of para-hydroxylation sites is 2. The Morgan fingerprint density at radius 3 is 2.50 bits per heavy atom. The normalized spacial score (nSPS) is 17.9. The number of amides is 2. The predicted molar refractivity (Wildman–Crippen MR) is 96.8 cm³/mol. The van der Waals surface area contributed by atoms with Crippen LogP contribution in [0, 0.1) is 0 Å². The quantitative estimate of drug-likeness (QED) is 0.644. The number of hydrogen-bond acceptors (Lipinski definition) is 4. The fraction of sp³-hybridized carbons (Fsp3) is 0.286. The van der Waals surface area contributed by atoms with E-state index in [1.807, 2.05) is 24.3 Å². The lowest BCUT2D eigenvalue weighted by Crippen LogP contribution is -2.40. The third-order valence-corrected chi connectivity index (χ3v) is 5.40. The number of aromatic nitrogens is 1. The van der Waals surface area contributed by atoms with Crippen LogP contribution in [0.1, 0.15) is 52.8 Å². The Morgan fingerprint density at radius 2 is 1.69 bits per heavy atom. The summed E-state index contributed by atoms with van der Waals surface area (Å²) in [7, 11) is 0. The smallest absolute Gasteiger partial charge is 0.261 e. The number of oxazole rings is 1. The number of carbonyl (C=O) groups excluding carboxylic acids is 2. The van der Waals surface area contributed by atoms with E-state index in [2.05, 4.69) is 4.98 Å². The van der Waals surface area contributed by atoms with Gasteiger partial charge in [-0.3, -0.25) is 14.5 Å². The zero-order valence-corrected chi connectivity index (χ0v) is 14.3. The van der Waals surface area contributed by atoms with Crippen molar-refractivity contribution in [3.63, 3.8) is 0 Å². The van der Waals surface area contributed by atoms with Crippen LogP contribution in [0.4, 0.5) is 0 Å². The SMILES string of the molecule is O=C1c2ccc(-c3nc4ccccc4o3)cc2C(=O)N1C1CCCCC1. The lowest BCUT2D eigenvalue weighted by atomic mass is 9.94. The predicted octanol–water partition coefficient (Wildman–Crippen LogP) is 4.42. The summed E-state index contributed by atoms with van der Waals surface area (Å²) in [4.78, 5) is 31.6. The van der Waals surface area contributed by atoms with Crippen LogP contribution in [0.5, 0.6) is 0 Å². The first-order chi connectivity index (χ1) is 12.7. The van der Waals surface area contributed by atoms with Crippen LogP contribution < -0.4 is 0 Å². The maximum atomic E-state index is 12.9. The summed E-state index contributed by atoms with van der Waals surface area (Å²) in [6.07, 6.45) is 5.15. The van der Waals surface area contributed by atoms with E-state index in [0.29, 0.717) is 28.2 Å². The van der Waals surface area contributed by atoms with Crippen LogP contribution in [-0.2, 0) is 0 Å². The lowest BCUT2D eigenvalue weighted by Gasteiger charge is -2.29. The van der Waals surface area contributed by atoms with Gasteiger partial charge in [0.05, 0.1) is 11.1 Å². The first kappa shape index (κ1) is 15.3. The Labute approximate surface area is 150 Å². The van der Waals surface area contributed by atoms with Crippen LogP contribution in [0.15, 0.2) is 46.9 Å². The molecule has 1 aromatic heterocycles. The number of imide groups is 1. The van der Waals surface area contributed by atoms with Crippen molar-refractivity contribution in [2.75, 3.05) is 0 Å². The minimum atomic E-state index is -0.185. The summed E-state index contributed by atoms with van der Waals surface area (Å²) in [5.74, 6) is 0.112. The van der Waals surface area contributed by atoms with Gasteiger partial charge in [0.1, 0.15) is 5.52 Å². The summed E-state index contributed by atoms with van der Waals surface area (Å²) in [5, 5.41) is 0. The molecule has 0 bridgehead atoms. The molecule has 0 N–H and O–H groups in total. The van der Waals surface area contributed by atoms with E-state index in [-0.39, 0.29) is 17.9 Å². The van der Waals surface area contributed by atoms with Crippen LogP contribution in [0.25, 0.3) is 22.6 Å². The van der Waals surface area contributed by atoms with E-state index in [9.17, 15) is 9.59 Å². The standard InChI is InChI=1S/C21H18N2O3/c24-20-15-11-10-13(19-22-17-8-4-5-9-18(17)26-19)12-16(15)21(25)23(20)14-6-2-1-3-7-14/h4-5,8-12,14H,1-3,6-7H2. The fourth-order valence-corrected chi connectivity index (χ4v) is 4.06. The molecule has 1 fully saturated rings. The second-order valence-corrected chi connectivity index (χ2v) is 7.02. The van der Waals surface area contributed by atoms with E-state index in [0.717, 1.165) is 31.2 Å². The molecule has 26 heavy (non-hydrogen) atoms. The third-order valence-electron chi connectivity index (χ3n) is 5.40. The highest BCUT2D eigenvalue weighted by Gasteiger charge is 2.40. The van der Waals surface area contributed by atoms with Crippen LogP contribution in [-0.4, -0.2) is 27.7 Å². The Kier molecular flexibility index (Phi) is 3.42. The minimum absolute atomic E-state index is 0.0314. The molecule has 0 saturated heterocycles. The molecule has 1 aliphatic heterocycles. The van der Waals surface area contributed by atoms with Gasteiger partial charge in [0.2, 0.25) is 5.89 Å². The lowest BCUT2D eigenvalue weighted by molar-refractivity contribution is 0.0549. The van der Waals surface area contributed by atoms with Gasteiger partial charge in [-0.05, 0) is 43.2 Å². The highest BCUT2D eigenvalue weighted by Crippen LogP contribution is 2.33. The molecule has 3 aromatic rings. The zero-order chi connectivity index (χ0) is 17.7. The monoisotopic (exact) mass is 346 g/mol. The molecule has 5 heteroatoms. The van der Waals surface area contributed by atoms with Crippen molar-refractivity contribution in [2.24, 2.45) is 0 Å². The average molecular weight is 346 g/mol. The molecule has 0 spiro atoms. The first-order valence-corrected chi connectivity index (χ1v) is 9.10. The third kappa shape index (κ3) is 2.27. The molecule has 5 nitrogen and oxygen atoms in total. The number of hydrogen-bond donors (Lipinski definition) is 0. The molecule has 2 aromatic carbocycles. The maximum absolute atomic E-state index is 12.9. The van der Waals surface area contributed by atoms with Crippen molar-refractivity contribution in [1.82, 2.24) is 9.88 Å². The molecular weight excluding hydrogens is 328 g/mol. The van der Waals surface area contributed by atoms with Crippen LogP contribution in [0.3, 0.4) is 0 Å². The van der Waals surface area contributed by atoms with Gasteiger partial charge < -0.3 is 4.42 Å². The molecule has 130 valence electrons.